The summed E-state index contributed by atoms with van der Waals surface area (Å²) in [6.45, 7) is 2.47. The maximum atomic E-state index is 13.1. The van der Waals surface area contributed by atoms with E-state index in [1.54, 1.807) is 18.2 Å². The van der Waals surface area contributed by atoms with Crippen molar-refractivity contribution < 1.29 is 14.7 Å². The van der Waals surface area contributed by atoms with Crippen LogP contribution in [-0.2, 0) is 6.54 Å². The van der Waals surface area contributed by atoms with E-state index in [2.05, 4.69) is 5.32 Å². The molecule has 2 heterocycles. The Bertz CT molecular complexity index is 1230. The molecule has 0 saturated carbocycles. The summed E-state index contributed by atoms with van der Waals surface area (Å²) in [7, 11) is 0. The Morgan fingerprint density at radius 1 is 1.10 bits per heavy atom. The molecule has 0 aliphatic rings. The zero-order chi connectivity index (χ0) is 21.3. The SMILES string of the molecule is CC(NC(=O)c1cccc2ccn(Cc3ccc(Cl)cc3)c12)c1ccc(C(=O)O)s1. The molecule has 4 rings (SSSR count). The third-order valence-corrected chi connectivity index (χ3v) is 6.42. The van der Waals surface area contributed by atoms with Gasteiger partial charge < -0.3 is 15.0 Å². The molecule has 0 saturated heterocycles. The number of halogens is 1. The fourth-order valence-electron chi connectivity index (χ4n) is 3.41. The second-order valence-corrected chi connectivity index (χ2v) is 8.57. The molecule has 2 aromatic heterocycles. The molecule has 2 N–H and O–H groups in total. The lowest BCUT2D eigenvalue weighted by Gasteiger charge is -2.14. The number of rotatable bonds is 6. The summed E-state index contributed by atoms with van der Waals surface area (Å²) in [5.74, 6) is -1.16. The van der Waals surface area contributed by atoms with Gasteiger partial charge in [0, 0.05) is 28.0 Å². The fraction of sp³-hybridized carbons (Fsp3) is 0.130. The van der Waals surface area contributed by atoms with Gasteiger partial charge in [0.15, 0.2) is 0 Å². The summed E-state index contributed by atoms with van der Waals surface area (Å²) in [6.07, 6.45) is 1.97. The number of carboxylic acids is 1. The van der Waals surface area contributed by atoms with Crippen LogP contribution in [0.2, 0.25) is 5.02 Å². The molecule has 0 fully saturated rings. The smallest absolute Gasteiger partial charge is 0.345 e. The molecular weight excluding hydrogens is 420 g/mol. The first-order valence-corrected chi connectivity index (χ1v) is 10.6. The van der Waals surface area contributed by atoms with Crippen molar-refractivity contribution in [3.63, 3.8) is 0 Å². The van der Waals surface area contributed by atoms with E-state index in [0.717, 1.165) is 21.3 Å². The Hall–Kier alpha value is -3.09. The predicted molar refractivity (Wildman–Crippen MR) is 120 cm³/mol. The normalized spacial score (nSPS) is 12.1. The van der Waals surface area contributed by atoms with Crippen molar-refractivity contribution in [3.05, 3.63) is 92.8 Å². The molecule has 7 heteroatoms. The van der Waals surface area contributed by atoms with Crippen LogP contribution in [0, 0.1) is 0 Å². The molecule has 0 spiro atoms. The van der Waals surface area contributed by atoms with E-state index in [0.29, 0.717) is 17.1 Å². The summed E-state index contributed by atoms with van der Waals surface area (Å²) in [5.41, 5.74) is 2.52. The number of aromatic carboxylic acids is 1. The van der Waals surface area contributed by atoms with E-state index in [1.165, 1.54) is 11.3 Å². The van der Waals surface area contributed by atoms with Gasteiger partial charge in [0.25, 0.3) is 5.91 Å². The molecule has 1 atom stereocenters. The van der Waals surface area contributed by atoms with Crippen molar-refractivity contribution in [3.8, 4) is 0 Å². The van der Waals surface area contributed by atoms with Crippen molar-refractivity contribution in [2.75, 3.05) is 0 Å². The number of amides is 1. The zero-order valence-corrected chi connectivity index (χ0v) is 17.7. The lowest BCUT2D eigenvalue weighted by atomic mass is 10.1. The van der Waals surface area contributed by atoms with Gasteiger partial charge in [-0.25, -0.2) is 4.79 Å². The summed E-state index contributed by atoms with van der Waals surface area (Å²) in [6, 6.07) is 18.3. The Kier molecular flexibility index (Phi) is 5.61. The third-order valence-electron chi connectivity index (χ3n) is 4.91. The number of para-hydroxylation sites is 1. The average Bonchev–Trinajstić information content (AvgIpc) is 3.37. The van der Waals surface area contributed by atoms with Gasteiger partial charge in [0.1, 0.15) is 4.88 Å². The van der Waals surface area contributed by atoms with E-state index >= 15 is 0 Å². The topological polar surface area (TPSA) is 71.3 Å². The highest BCUT2D eigenvalue weighted by atomic mass is 35.5. The number of hydrogen-bond donors (Lipinski definition) is 2. The highest BCUT2D eigenvalue weighted by Crippen LogP contribution is 2.26. The number of nitrogens with one attached hydrogen (secondary N) is 1. The van der Waals surface area contributed by atoms with Gasteiger partial charge in [0.2, 0.25) is 0 Å². The van der Waals surface area contributed by atoms with Crippen molar-refractivity contribution in [1.29, 1.82) is 0 Å². The molecule has 5 nitrogen and oxygen atoms in total. The van der Waals surface area contributed by atoms with Crippen molar-refractivity contribution in [2.24, 2.45) is 0 Å². The zero-order valence-electron chi connectivity index (χ0n) is 16.1. The van der Waals surface area contributed by atoms with Gasteiger partial charge in [-0.05, 0) is 48.9 Å². The van der Waals surface area contributed by atoms with Crippen LogP contribution in [0.4, 0.5) is 0 Å². The molecule has 30 heavy (non-hydrogen) atoms. The van der Waals surface area contributed by atoms with Gasteiger partial charge >= 0.3 is 5.97 Å². The first kappa shape index (κ1) is 20.2. The molecule has 2 aromatic carbocycles. The summed E-state index contributed by atoms with van der Waals surface area (Å²) < 4.78 is 2.05. The molecular formula is C23H19ClN2O3S. The Balaban J connectivity index is 1.61. The predicted octanol–water partition coefficient (Wildman–Crippen LogP) is 5.59. The largest absolute Gasteiger partial charge is 0.477 e. The van der Waals surface area contributed by atoms with Crippen molar-refractivity contribution >= 4 is 45.7 Å². The molecule has 4 aromatic rings. The van der Waals surface area contributed by atoms with Crippen LogP contribution in [0.15, 0.2) is 66.9 Å². The van der Waals surface area contributed by atoms with Gasteiger partial charge in [-0.15, -0.1) is 11.3 Å². The molecule has 0 bridgehead atoms. The minimum Gasteiger partial charge on any atom is -0.477 e. The van der Waals surface area contributed by atoms with Crippen molar-refractivity contribution in [1.82, 2.24) is 9.88 Å². The van der Waals surface area contributed by atoms with Crippen molar-refractivity contribution in [2.45, 2.75) is 19.5 Å². The van der Waals surface area contributed by atoms with Gasteiger partial charge in [-0.2, -0.15) is 0 Å². The monoisotopic (exact) mass is 438 g/mol. The quantitative estimate of drug-likeness (QED) is 0.412. The minimum atomic E-state index is -0.963. The Labute approximate surface area is 182 Å². The van der Waals surface area contributed by atoms with E-state index in [1.807, 2.05) is 60.2 Å². The number of aromatic nitrogens is 1. The minimum absolute atomic E-state index is 0.200. The van der Waals surface area contributed by atoms with Gasteiger partial charge in [0.05, 0.1) is 17.1 Å². The maximum absolute atomic E-state index is 13.1. The Morgan fingerprint density at radius 2 is 1.87 bits per heavy atom. The number of nitrogens with zero attached hydrogens (tertiary/aromatic N) is 1. The molecule has 152 valence electrons. The molecule has 0 aliphatic carbocycles. The average molecular weight is 439 g/mol. The van der Waals surface area contributed by atoms with Gasteiger partial charge in [-0.3, -0.25) is 4.79 Å². The molecule has 1 amide bonds. The summed E-state index contributed by atoms with van der Waals surface area (Å²) >= 11 is 7.15. The second-order valence-electron chi connectivity index (χ2n) is 7.02. The molecule has 0 aliphatic heterocycles. The number of carbonyl (C=O) groups excluding carboxylic acids is 1. The lowest BCUT2D eigenvalue weighted by Crippen LogP contribution is -2.26. The van der Waals surface area contributed by atoms with Crippen LogP contribution in [0.5, 0.6) is 0 Å². The van der Waals surface area contributed by atoms with E-state index in [9.17, 15) is 9.59 Å². The number of carboxylic acid groups (broad SMARTS) is 1. The van der Waals surface area contributed by atoms with Crippen LogP contribution < -0.4 is 5.32 Å². The second kappa shape index (κ2) is 8.34. The first-order valence-electron chi connectivity index (χ1n) is 9.38. The van der Waals surface area contributed by atoms with Crippen LogP contribution >= 0.6 is 22.9 Å². The van der Waals surface area contributed by atoms with E-state index in [-0.39, 0.29) is 16.8 Å². The number of fused-ring (bicyclic) bond motifs is 1. The van der Waals surface area contributed by atoms with Crippen LogP contribution in [0.25, 0.3) is 10.9 Å². The van der Waals surface area contributed by atoms with Gasteiger partial charge in [-0.1, -0.05) is 35.9 Å². The maximum Gasteiger partial charge on any atom is 0.345 e. The highest BCUT2D eigenvalue weighted by Gasteiger charge is 2.18. The number of carbonyl (C=O) groups is 2. The number of thiophene rings is 1. The van der Waals surface area contributed by atoms with Crippen LogP contribution in [-0.4, -0.2) is 21.6 Å². The standard InChI is InChI=1S/C23H19ClN2O3S/c1-14(19-9-10-20(30-19)23(28)29)25-22(27)18-4-2-3-16-11-12-26(21(16)18)13-15-5-7-17(24)8-6-15/h2-12,14H,13H2,1H3,(H,25,27)(H,28,29). The van der Waals surface area contributed by atoms with E-state index < -0.39 is 5.97 Å². The Morgan fingerprint density at radius 3 is 2.57 bits per heavy atom. The summed E-state index contributed by atoms with van der Waals surface area (Å²) in [5, 5.41) is 13.8. The molecule has 0 radical (unpaired) electrons. The highest BCUT2D eigenvalue weighted by molar-refractivity contribution is 7.14. The summed E-state index contributed by atoms with van der Waals surface area (Å²) in [4.78, 5) is 25.2. The lowest BCUT2D eigenvalue weighted by molar-refractivity contribution is 0.0702. The third kappa shape index (κ3) is 4.10. The number of hydrogen-bond acceptors (Lipinski definition) is 3. The fourth-order valence-corrected chi connectivity index (χ4v) is 4.38. The molecule has 1 unspecified atom stereocenters. The van der Waals surface area contributed by atoms with Crippen LogP contribution in [0.1, 0.15) is 43.4 Å². The first-order chi connectivity index (χ1) is 14.4. The number of benzene rings is 2. The van der Waals surface area contributed by atoms with E-state index in [4.69, 9.17) is 16.7 Å². The van der Waals surface area contributed by atoms with Crippen LogP contribution in [0.3, 0.4) is 0 Å².